The lowest BCUT2D eigenvalue weighted by atomic mass is 10.1. The molecule has 2 saturated heterocycles. The molecule has 1 atom stereocenters. The molecule has 0 aromatic heterocycles. The van der Waals surface area contributed by atoms with Gasteiger partial charge in [-0.15, -0.1) is 0 Å². The van der Waals surface area contributed by atoms with E-state index in [1.54, 1.807) is 24.3 Å². The first-order valence-corrected chi connectivity index (χ1v) is 10.3. The van der Waals surface area contributed by atoms with Gasteiger partial charge in [0.25, 0.3) is 0 Å². The Hall–Kier alpha value is -0.920. The van der Waals surface area contributed by atoms with Gasteiger partial charge in [0, 0.05) is 24.1 Å². The first-order valence-electron chi connectivity index (χ1n) is 8.06. The van der Waals surface area contributed by atoms with Crippen LogP contribution in [0.15, 0.2) is 33.6 Å². The maximum absolute atomic E-state index is 12.9. The largest absolute Gasteiger partial charge is 0.341 e. The molecule has 2 aliphatic heterocycles. The number of hydrogen-bond donors (Lipinski definition) is 0. The highest BCUT2D eigenvalue weighted by Crippen LogP contribution is 2.28. The Morgan fingerprint density at radius 2 is 1.65 bits per heavy atom. The summed E-state index contributed by atoms with van der Waals surface area (Å²) in [4.78, 5) is 14.8. The number of piperidine rings is 1. The summed E-state index contributed by atoms with van der Waals surface area (Å²) in [5.41, 5.74) is 0. The molecule has 23 heavy (non-hydrogen) atoms. The minimum Gasteiger partial charge on any atom is -0.341 e. The minimum absolute atomic E-state index is 0.0251. The van der Waals surface area contributed by atoms with E-state index >= 15 is 0 Å². The molecular weight excluding hydrogens is 380 g/mol. The molecule has 1 amide bonds. The highest BCUT2D eigenvalue weighted by atomic mass is 79.9. The quantitative estimate of drug-likeness (QED) is 0.783. The zero-order chi connectivity index (χ0) is 16.4. The number of nitrogens with zero attached hydrogens (tertiary/aromatic N) is 2. The second-order valence-electron chi connectivity index (χ2n) is 6.11. The average Bonchev–Trinajstić information content (AvgIpc) is 3.06. The smallest absolute Gasteiger partial charge is 0.243 e. The van der Waals surface area contributed by atoms with Gasteiger partial charge in [0.15, 0.2) is 0 Å². The summed E-state index contributed by atoms with van der Waals surface area (Å²) in [6, 6.07) is 6.05. The lowest BCUT2D eigenvalue weighted by Crippen LogP contribution is -2.49. The molecule has 5 nitrogen and oxygen atoms in total. The second-order valence-corrected chi connectivity index (χ2v) is 8.92. The summed E-state index contributed by atoms with van der Waals surface area (Å²) in [5.74, 6) is -0.0251. The molecule has 2 aliphatic rings. The van der Waals surface area contributed by atoms with Gasteiger partial charge in [-0.05, 0) is 56.4 Å². The number of amides is 1. The summed E-state index contributed by atoms with van der Waals surface area (Å²) in [5, 5.41) is 0. The van der Waals surface area contributed by atoms with Crippen LogP contribution in [0, 0.1) is 0 Å². The van der Waals surface area contributed by atoms with Gasteiger partial charge in [-0.3, -0.25) is 4.79 Å². The summed E-state index contributed by atoms with van der Waals surface area (Å²) >= 11 is 3.31. The topological polar surface area (TPSA) is 57.7 Å². The van der Waals surface area contributed by atoms with Crippen LogP contribution in [0.5, 0.6) is 0 Å². The summed E-state index contributed by atoms with van der Waals surface area (Å²) in [6.07, 6.45) is 4.52. The third-order valence-electron chi connectivity index (χ3n) is 4.58. The number of carbonyl (C=O) groups excluding carboxylic acids is 1. The van der Waals surface area contributed by atoms with Crippen molar-refractivity contribution in [3.05, 3.63) is 28.7 Å². The molecule has 0 aliphatic carbocycles. The molecule has 1 aromatic carbocycles. The Labute approximate surface area is 145 Å². The Balaban J connectivity index is 1.82. The normalized spacial score (nSPS) is 23.2. The van der Waals surface area contributed by atoms with Crippen LogP contribution < -0.4 is 0 Å². The van der Waals surface area contributed by atoms with Crippen LogP contribution >= 0.6 is 15.9 Å². The molecular formula is C16H21BrN2O3S. The molecule has 0 N–H and O–H groups in total. The van der Waals surface area contributed by atoms with Gasteiger partial charge >= 0.3 is 0 Å². The van der Waals surface area contributed by atoms with Crippen LogP contribution in [-0.2, 0) is 14.8 Å². The first-order chi connectivity index (χ1) is 11.0. The van der Waals surface area contributed by atoms with Crippen molar-refractivity contribution in [3.63, 3.8) is 0 Å². The minimum atomic E-state index is -3.62. The fourth-order valence-electron chi connectivity index (χ4n) is 3.34. The van der Waals surface area contributed by atoms with Crippen molar-refractivity contribution in [3.8, 4) is 0 Å². The van der Waals surface area contributed by atoms with Crippen LogP contribution in [0.25, 0.3) is 0 Å². The van der Waals surface area contributed by atoms with Gasteiger partial charge in [-0.1, -0.05) is 15.9 Å². The van der Waals surface area contributed by atoms with Crippen molar-refractivity contribution in [2.45, 2.75) is 43.0 Å². The monoisotopic (exact) mass is 400 g/mol. The Morgan fingerprint density at radius 1 is 1.00 bits per heavy atom. The van der Waals surface area contributed by atoms with Gasteiger partial charge < -0.3 is 4.90 Å². The van der Waals surface area contributed by atoms with Crippen LogP contribution in [0.4, 0.5) is 0 Å². The Bertz CT molecular complexity index is 669. The molecule has 7 heteroatoms. The van der Waals surface area contributed by atoms with Crippen molar-refractivity contribution in [2.75, 3.05) is 19.6 Å². The average molecular weight is 401 g/mol. The third kappa shape index (κ3) is 3.46. The highest BCUT2D eigenvalue weighted by Gasteiger charge is 2.41. The zero-order valence-corrected chi connectivity index (χ0v) is 15.4. The van der Waals surface area contributed by atoms with Gasteiger partial charge in [-0.2, -0.15) is 4.31 Å². The number of hydrogen-bond acceptors (Lipinski definition) is 3. The molecule has 0 saturated carbocycles. The second kappa shape index (κ2) is 6.91. The number of halogens is 1. The van der Waals surface area contributed by atoms with Crippen molar-refractivity contribution in [1.29, 1.82) is 0 Å². The fourth-order valence-corrected chi connectivity index (χ4v) is 5.26. The molecule has 2 heterocycles. The van der Waals surface area contributed by atoms with Crippen molar-refractivity contribution in [2.24, 2.45) is 0 Å². The first kappa shape index (κ1) is 16.9. The van der Waals surface area contributed by atoms with Crippen LogP contribution in [0.1, 0.15) is 32.1 Å². The Morgan fingerprint density at radius 3 is 2.30 bits per heavy atom. The molecule has 0 radical (unpaired) electrons. The number of likely N-dealkylation sites (tertiary alicyclic amines) is 1. The third-order valence-corrected chi connectivity index (χ3v) is 7.03. The van der Waals surface area contributed by atoms with E-state index in [-0.39, 0.29) is 10.8 Å². The van der Waals surface area contributed by atoms with Crippen molar-refractivity contribution >= 4 is 31.9 Å². The van der Waals surface area contributed by atoms with E-state index in [0.29, 0.717) is 13.0 Å². The number of benzene rings is 1. The van der Waals surface area contributed by atoms with E-state index in [2.05, 4.69) is 15.9 Å². The Kier molecular flexibility index (Phi) is 5.08. The molecule has 0 unspecified atom stereocenters. The SMILES string of the molecule is O=C([C@H]1CCCN1S(=O)(=O)c1ccc(Br)cc1)N1CCCCC1. The molecule has 126 valence electrons. The van der Waals surface area contributed by atoms with Crippen molar-refractivity contribution in [1.82, 2.24) is 9.21 Å². The number of carbonyl (C=O) groups is 1. The van der Waals surface area contributed by atoms with E-state index < -0.39 is 16.1 Å². The van der Waals surface area contributed by atoms with Gasteiger partial charge in [0.1, 0.15) is 6.04 Å². The lowest BCUT2D eigenvalue weighted by molar-refractivity contribution is -0.135. The molecule has 0 spiro atoms. The zero-order valence-electron chi connectivity index (χ0n) is 12.9. The predicted molar refractivity (Wildman–Crippen MR) is 91.5 cm³/mol. The molecule has 0 bridgehead atoms. The van der Waals surface area contributed by atoms with Crippen LogP contribution in [0.2, 0.25) is 0 Å². The summed E-state index contributed by atoms with van der Waals surface area (Å²) < 4.78 is 28.0. The summed E-state index contributed by atoms with van der Waals surface area (Å²) in [7, 11) is -3.62. The molecule has 3 rings (SSSR count). The van der Waals surface area contributed by atoms with Crippen LogP contribution in [0.3, 0.4) is 0 Å². The van der Waals surface area contributed by atoms with Gasteiger partial charge in [0.05, 0.1) is 4.90 Å². The maximum atomic E-state index is 12.9. The number of sulfonamides is 1. The highest BCUT2D eigenvalue weighted by molar-refractivity contribution is 9.10. The number of rotatable bonds is 3. The van der Waals surface area contributed by atoms with E-state index in [1.165, 1.54) is 4.31 Å². The van der Waals surface area contributed by atoms with Gasteiger partial charge in [0.2, 0.25) is 15.9 Å². The van der Waals surface area contributed by atoms with Crippen molar-refractivity contribution < 1.29 is 13.2 Å². The van der Waals surface area contributed by atoms with E-state index in [0.717, 1.165) is 43.2 Å². The van der Waals surface area contributed by atoms with Gasteiger partial charge in [-0.25, -0.2) is 8.42 Å². The van der Waals surface area contributed by atoms with E-state index in [9.17, 15) is 13.2 Å². The van der Waals surface area contributed by atoms with Crippen LogP contribution in [-0.4, -0.2) is 49.2 Å². The molecule has 1 aromatic rings. The lowest BCUT2D eigenvalue weighted by Gasteiger charge is -2.32. The standard InChI is InChI=1S/C16H21BrN2O3S/c17-13-6-8-14(9-7-13)23(21,22)19-12-4-5-15(19)16(20)18-10-2-1-3-11-18/h6-9,15H,1-5,10-12H2/t15-/m1/s1. The van der Waals surface area contributed by atoms with E-state index in [1.807, 2.05) is 4.90 Å². The maximum Gasteiger partial charge on any atom is 0.243 e. The summed E-state index contributed by atoms with van der Waals surface area (Å²) in [6.45, 7) is 1.92. The van der Waals surface area contributed by atoms with E-state index in [4.69, 9.17) is 0 Å². The molecule has 2 fully saturated rings. The predicted octanol–water partition coefficient (Wildman–Crippen LogP) is 2.61. The fraction of sp³-hybridized carbons (Fsp3) is 0.562.